The molecule has 3 N–H and O–H groups in total. The Balaban J connectivity index is 2.55. The first-order chi connectivity index (χ1) is 10.8. The first-order valence-electron chi connectivity index (χ1n) is 6.68. The molecule has 23 heavy (non-hydrogen) atoms. The minimum absolute atomic E-state index is 0.0259. The zero-order valence-corrected chi connectivity index (χ0v) is 11.9. The maximum atomic E-state index is 12.9. The number of hydrogen-bond acceptors (Lipinski definition) is 3. The van der Waals surface area contributed by atoms with Crippen molar-refractivity contribution in [2.75, 3.05) is 13.2 Å². The van der Waals surface area contributed by atoms with Gasteiger partial charge in [-0.15, -0.1) is 0 Å². The van der Waals surface area contributed by atoms with Crippen LogP contribution in [0.3, 0.4) is 0 Å². The summed E-state index contributed by atoms with van der Waals surface area (Å²) in [5.74, 6) is -0.449. The van der Waals surface area contributed by atoms with Crippen LogP contribution in [0.1, 0.15) is 15.9 Å². The first-order valence-corrected chi connectivity index (χ1v) is 6.68. The number of halogens is 3. The summed E-state index contributed by atoms with van der Waals surface area (Å²) in [7, 11) is 0. The van der Waals surface area contributed by atoms with Crippen LogP contribution in [-0.2, 0) is 6.18 Å². The van der Waals surface area contributed by atoms with E-state index in [-0.39, 0.29) is 30.1 Å². The van der Waals surface area contributed by atoms with Gasteiger partial charge >= 0.3 is 6.18 Å². The van der Waals surface area contributed by atoms with Gasteiger partial charge in [-0.2, -0.15) is 13.2 Å². The molecule has 0 atom stereocenters. The monoisotopic (exact) mass is 325 g/mol. The van der Waals surface area contributed by atoms with Gasteiger partial charge in [0.15, 0.2) is 0 Å². The van der Waals surface area contributed by atoms with Crippen molar-refractivity contribution in [3.63, 3.8) is 0 Å². The van der Waals surface area contributed by atoms with E-state index in [9.17, 15) is 18.0 Å². The highest BCUT2D eigenvalue weighted by Gasteiger charge is 2.30. The molecule has 2 aromatic rings. The number of nitrogens with two attached hydrogens (primary N) is 1. The number of carbonyl (C=O) groups is 1. The third kappa shape index (κ3) is 4.01. The Bertz CT molecular complexity index is 714. The summed E-state index contributed by atoms with van der Waals surface area (Å²) in [6.07, 6.45) is -4.48. The van der Waals surface area contributed by atoms with Crippen molar-refractivity contribution in [3.05, 3.63) is 53.6 Å². The van der Waals surface area contributed by atoms with E-state index in [1.54, 1.807) is 0 Å². The minimum atomic E-state index is -4.48. The Morgan fingerprint density at radius 2 is 1.91 bits per heavy atom. The third-order valence-electron chi connectivity index (χ3n) is 3.11. The van der Waals surface area contributed by atoms with Gasteiger partial charge in [-0.25, -0.2) is 0 Å². The summed E-state index contributed by atoms with van der Waals surface area (Å²) in [6.45, 7) is -0.276. The van der Waals surface area contributed by atoms with E-state index in [0.717, 1.165) is 12.1 Å². The lowest BCUT2D eigenvalue weighted by Crippen LogP contribution is -2.11. The molecule has 0 heterocycles. The molecule has 0 aliphatic rings. The highest BCUT2D eigenvalue weighted by molar-refractivity contribution is 5.94. The molecule has 0 saturated heterocycles. The third-order valence-corrected chi connectivity index (χ3v) is 3.11. The zero-order valence-electron chi connectivity index (χ0n) is 11.9. The number of carbonyl (C=O) groups excluding carboxylic acids is 1. The fraction of sp³-hybridized carbons (Fsp3) is 0.188. The Hall–Kier alpha value is -2.54. The van der Waals surface area contributed by atoms with Crippen molar-refractivity contribution < 1.29 is 27.8 Å². The van der Waals surface area contributed by atoms with Crippen LogP contribution in [0.15, 0.2) is 42.5 Å². The lowest BCUT2D eigenvalue weighted by atomic mass is 9.99. The van der Waals surface area contributed by atoms with Crippen LogP contribution in [0.4, 0.5) is 13.2 Å². The summed E-state index contributed by atoms with van der Waals surface area (Å²) >= 11 is 0. The molecule has 0 spiro atoms. The van der Waals surface area contributed by atoms with Crippen molar-refractivity contribution in [2.45, 2.75) is 6.18 Å². The average molecular weight is 325 g/mol. The molecule has 0 saturated carbocycles. The van der Waals surface area contributed by atoms with E-state index < -0.39 is 17.6 Å². The summed E-state index contributed by atoms with van der Waals surface area (Å²) in [5, 5.41) is 8.83. The van der Waals surface area contributed by atoms with Gasteiger partial charge in [-0.05, 0) is 35.9 Å². The quantitative estimate of drug-likeness (QED) is 0.888. The smallest absolute Gasteiger partial charge is 0.416 e. The normalized spacial score (nSPS) is 11.3. The molecule has 0 unspecified atom stereocenters. The van der Waals surface area contributed by atoms with Crippen LogP contribution in [-0.4, -0.2) is 24.2 Å². The Morgan fingerprint density at radius 3 is 2.52 bits per heavy atom. The van der Waals surface area contributed by atoms with Gasteiger partial charge < -0.3 is 15.6 Å². The van der Waals surface area contributed by atoms with Crippen molar-refractivity contribution in [3.8, 4) is 16.9 Å². The Kier molecular flexibility index (Phi) is 4.90. The van der Waals surface area contributed by atoms with Crippen molar-refractivity contribution in [2.24, 2.45) is 5.73 Å². The van der Waals surface area contributed by atoms with Crippen LogP contribution >= 0.6 is 0 Å². The fourth-order valence-electron chi connectivity index (χ4n) is 2.05. The number of aliphatic hydroxyl groups is 1. The topological polar surface area (TPSA) is 72.6 Å². The molecule has 122 valence electrons. The highest BCUT2D eigenvalue weighted by Crippen LogP contribution is 2.35. The van der Waals surface area contributed by atoms with Crippen LogP contribution in [0.5, 0.6) is 5.75 Å². The number of ether oxygens (including phenoxy) is 1. The average Bonchev–Trinajstić information content (AvgIpc) is 2.52. The molecule has 0 fully saturated rings. The fourth-order valence-corrected chi connectivity index (χ4v) is 2.05. The SMILES string of the molecule is NC(=O)c1ccc(OCCO)c(-c2cccc(C(F)(F)F)c2)c1. The first kappa shape index (κ1) is 16.8. The van der Waals surface area contributed by atoms with Crippen LogP contribution in [0.25, 0.3) is 11.1 Å². The van der Waals surface area contributed by atoms with E-state index in [1.807, 2.05) is 0 Å². The molecule has 0 aliphatic heterocycles. The van der Waals surface area contributed by atoms with Gasteiger partial charge in [0, 0.05) is 11.1 Å². The molecule has 0 bridgehead atoms. The molecule has 4 nitrogen and oxygen atoms in total. The van der Waals surface area contributed by atoms with Gasteiger partial charge in [0.05, 0.1) is 12.2 Å². The lowest BCUT2D eigenvalue weighted by molar-refractivity contribution is -0.137. The number of amides is 1. The largest absolute Gasteiger partial charge is 0.491 e. The van der Waals surface area contributed by atoms with Gasteiger partial charge in [0.25, 0.3) is 0 Å². The summed E-state index contributed by atoms with van der Waals surface area (Å²) in [5.41, 5.74) is 5.07. The molecule has 1 amide bonds. The van der Waals surface area contributed by atoms with Gasteiger partial charge in [-0.1, -0.05) is 12.1 Å². The predicted molar refractivity (Wildman–Crippen MR) is 78.0 cm³/mol. The van der Waals surface area contributed by atoms with Gasteiger partial charge in [0.1, 0.15) is 12.4 Å². The maximum Gasteiger partial charge on any atom is 0.416 e. The van der Waals surface area contributed by atoms with Crippen LogP contribution < -0.4 is 10.5 Å². The number of alkyl halides is 3. The molecular formula is C16H14F3NO3. The zero-order chi connectivity index (χ0) is 17.0. The van der Waals surface area contributed by atoms with E-state index in [0.29, 0.717) is 5.56 Å². The van der Waals surface area contributed by atoms with E-state index in [2.05, 4.69) is 0 Å². The van der Waals surface area contributed by atoms with Crippen molar-refractivity contribution in [1.29, 1.82) is 0 Å². The predicted octanol–water partition coefficient (Wildman–Crippen LogP) is 2.84. The van der Waals surface area contributed by atoms with Gasteiger partial charge in [-0.3, -0.25) is 4.79 Å². The number of aliphatic hydroxyl groups excluding tert-OH is 1. The molecular weight excluding hydrogens is 311 g/mol. The summed E-state index contributed by atoms with van der Waals surface area (Å²) in [6, 6.07) is 8.87. The molecule has 2 rings (SSSR count). The molecule has 2 aromatic carbocycles. The van der Waals surface area contributed by atoms with E-state index in [1.165, 1.54) is 30.3 Å². The molecule has 0 aliphatic carbocycles. The summed E-state index contributed by atoms with van der Waals surface area (Å²) < 4.78 is 43.9. The second kappa shape index (κ2) is 6.70. The van der Waals surface area contributed by atoms with E-state index in [4.69, 9.17) is 15.6 Å². The van der Waals surface area contributed by atoms with Gasteiger partial charge in [0.2, 0.25) is 5.91 Å². The maximum absolute atomic E-state index is 12.9. The second-order valence-electron chi connectivity index (χ2n) is 4.73. The minimum Gasteiger partial charge on any atom is -0.491 e. The second-order valence-corrected chi connectivity index (χ2v) is 4.73. The molecule has 0 radical (unpaired) electrons. The Morgan fingerprint density at radius 1 is 1.17 bits per heavy atom. The number of hydrogen-bond donors (Lipinski definition) is 2. The molecule has 0 aromatic heterocycles. The summed E-state index contributed by atoms with van der Waals surface area (Å²) in [4.78, 5) is 11.3. The van der Waals surface area contributed by atoms with Crippen LogP contribution in [0.2, 0.25) is 0 Å². The van der Waals surface area contributed by atoms with E-state index >= 15 is 0 Å². The van der Waals surface area contributed by atoms with Crippen LogP contribution in [0, 0.1) is 0 Å². The number of benzene rings is 2. The van der Waals surface area contributed by atoms with Crippen molar-refractivity contribution in [1.82, 2.24) is 0 Å². The Labute approximate surface area is 130 Å². The standard InChI is InChI=1S/C16H14F3NO3/c17-16(18,19)12-3-1-2-10(8-12)13-9-11(15(20)22)4-5-14(13)23-7-6-21/h1-5,8-9,21H,6-7H2,(H2,20,22). The highest BCUT2D eigenvalue weighted by atomic mass is 19.4. The number of primary amides is 1. The number of rotatable bonds is 5. The lowest BCUT2D eigenvalue weighted by Gasteiger charge is -2.14. The van der Waals surface area contributed by atoms with Crippen molar-refractivity contribution >= 4 is 5.91 Å². The molecule has 7 heteroatoms.